The molecule has 0 N–H and O–H groups in total. The van der Waals surface area contributed by atoms with Crippen LogP contribution in [0, 0.1) is 0 Å². The quantitative estimate of drug-likeness (QED) is 0.704. The van der Waals surface area contributed by atoms with Gasteiger partial charge in [0.05, 0.1) is 0 Å². The van der Waals surface area contributed by atoms with Crippen LogP contribution in [0.3, 0.4) is 0 Å². The lowest BCUT2D eigenvalue weighted by Crippen LogP contribution is -2.26. The van der Waals surface area contributed by atoms with Crippen LogP contribution >= 0.6 is 0 Å². The SMILES string of the molecule is CS(=O)(=O)C1C=Cc2ccccc2O1. The number of fused-ring (bicyclic) bond motifs is 1. The Morgan fingerprint density at radius 3 is 2.71 bits per heavy atom. The summed E-state index contributed by atoms with van der Waals surface area (Å²) in [5, 5.41) is 0. The smallest absolute Gasteiger partial charge is 0.217 e. The van der Waals surface area contributed by atoms with E-state index in [-0.39, 0.29) is 0 Å². The fraction of sp³-hybridized carbons (Fsp3) is 0.200. The van der Waals surface area contributed by atoms with E-state index in [0.717, 1.165) is 11.8 Å². The fourth-order valence-corrected chi connectivity index (χ4v) is 1.94. The molecule has 0 saturated heterocycles. The fourth-order valence-electron chi connectivity index (χ4n) is 1.30. The highest BCUT2D eigenvalue weighted by Crippen LogP contribution is 2.26. The van der Waals surface area contributed by atoms with Crippen LogP contribution in [-0.2, 0) is 9.84 Å². The molecule has 1 aliphatic heterocycles. The van der Waals surface area contributed by atoms with Crippen molar-refractivity contribution >= 4 is 15.9 Å². The molecule has 1 aromatic carbocycles. The first-order valence-corrected chi connectivity index (χ1v) is 6.15. The van der Waals surface area contributed by atoms with Crippen LogP contribution in [0.25, 0.3) is 6.08 Å². The van der Waals surface area contributed by atoms with Crippen LogP contribution in [-0.4, -0.2) is 20.1 Å². The predicted octanol–water partition coefficient (Wildman–Crippen LogP) is 1.46. The first-order chi connectivity index (χ1) is 6.57. The van der Waals surface area contributed by atoms with E-state index in [9.17, 15) is 8.42 Å². The zero-order valence-corrected chi connectivity index (χ0v) is 8.49. The van der Waals surface area contributed by atoms with Crippen molar-refractivity contribution in [3.05, 3.63) is 35.9 Å². The van der Waals surface area contributed by atoms with E-state index < -0.39 is 15.3 Å². The highest BCUT2D eigenvalue weighted by molar-refractivity contribution is 7.91. The molecule has 1 heterocycles. The Morgan fingerprint density at radius 2 is 2.00 bits per heavy atom. The molecule has 0 fully saturated rings. The van der Waals surface area contributed by atoms with Crippen molar-refractivity contribution in [3.8, 4) is 5.75 Å². The number of hydrogen-bond donors (Lipinski definition) is 0. The van der Waals surface area contributed by atoms with E-state index in [1.165, 1.54) is 0 Å². The van der Waals surface area contributed by atoms with Gasteiger partial charge in [-0.15, -0.1) is 0 Å². The number of para-hydroxylation sites is 1. The van der Waals surface area contributed by atoms with Crippen LogP contribution in [0.5, 0.6) is 5.75 Å². The van der Waals surface area contributed by atoms with Gasteiger partial charge in [-0.2, -0.15) is 0 Å². The molecule has 0 spiro atoms. The van der Waals surface area contributed by atoms with Gasteiger partial charge in [-0.3, -0.25) is 0 Å². The minimum Gasteiger partial charge on any atom is -0.470 e. The Bertz CT molecular complexity index is 474. The van der Waals surface area contributed by atoms with Crippen molar-refractivity contribution in [1.82, 2.24) is 0 Å². The summed E-state index contributed by atoms with van der Waals surface area (Å²) in [7, 11) is -3.18. The molecule has 74 valence electrons. The van der Waals surface area contributed by atoms with Crippen LogP contribution in [0.15, 0.2) is 30.3 Å². The number of benzene rings is 1. The van der Waals surface area contributed by atoms with E-state index in [1.54, 1.807) is 18.2 Å². The molecule has 14 heavy (non-hydrogen) atoms. The molecule has 3 nitrogen and oxygen atoms in total. The summed E-state index contributed by atoms with van der Waals surface area (Å²) in [6.07, 6.45) is 4.48. The first-order valence-electron chi connectivity index (χ1n) is 4.20. The Labute approximate surface area is 82.9 Å². The topological polar surface area (TPSA) is 43.4 Å². The maximum atomic E-state index is 11.2. The number of hydrogen-bond acceptors (Lipinski definition) is 3. The van der Waals surface area contributed by atoms with Gasteiger partial charge < -0.3 is 4.74 Å². The van der Waals surface area contributed by atoms with Gasteiger partial charge in [0.2, 0.25) is 5.44 Å². The molecule has 0 aliphatic carbocycles. The summed E-state index contributed by atoms with van der Waals surface area (Å²) in [4.78, 5) is 0. The van der Waals surface area contributed by atoms with E-state index in [0.29, 0.717) is 5.75 Å². The lowest BCUT2D eigenvalue weighted by Gasteiger charge is -2.19. The maximum Gasteiger partial charge on any atom is 0.217 e. The van der Waals surface area contributed by atoms with Gasteiger partial charge in [0.15, 0.2) is 9.84 Å². The molecule has 0 bridgehead atoms. The number of ether oxygens (including phenoxy) is 1. The van der Waals surface area contributed by atoms with Crippen molar-refractivity contribution < 1.29 is 13.2 Å². The zero-order chi connectivity index (χ0) is 10.2. The number of sulfone groups is 1. The van der Waals surface area contributed by atoms with Crippen molar-refractivity contribution in [3.63, 3.8) is 0 Å². The Kier molecular flexibility index (Phi) is 2.07. The van der Waals surface area contributed by atoms with Crippen molar-refractivity contribution in [2.45, 2.75) is 5.44 Å². The molecule has 0 amide bonds. The summed E-state index contributed by atoms with van der Waals surface area (Å²) in [6.45, 7) is 0. The molecule has 1 aromatic rings. The van der Waals surface area contributed by atoms with Crippen LogP contribution < -0.4 is 4.74 Å². The summed E-state index contributed by atoms with van der Waals surface area (Å²) < 4.78 is 27.8. The predicted molar refractivity (Wildman–Crippen MR) is 54.7 cm³/mol. The normalized spacial score (nSPS) is 19.9. The van der Waals surface area contributed by atoms with Gasteiger partial charge in [-0.25, -0.2) is 8.42 Å². The standard InChI is InChI=1S/C10H10O3S/c1-14(11,12)10-7-6-8-4-2-3-5-9(8)13-10/h2-7,10H,1H3. The second-order valence-electron chi connectivity index (χ2n) is 3.21. The van der Waals surface area contributed by atoms with Gasteiger partial charge in [0, 0.05) is 11.8 Å². The van der Waals surface area contributed by atoms with E-state index in [2.05, 4.69) is 0 Å². The summed E-state index contributed by atoms with van der Waals surface area (Å²) in [5.74, 6) is 0.616. The van der Waals surface area contributed by atoms with Crippen molar-refractivity contribution in [2.75, 3.05) is 6.26 Å². The zero-order valence-electron chi connectivity index (χ0n) is 7.67. The van der Waals surface area contributed by atoms with Gasteiger partial charge in [0.25, 0.3) is 0 Å². The van der Waals surface area contributed by atoms with Gasteiger partial charge in [-0.05, 0) is 12.1 Å². The Hall–Kier alpha value is -1.29. The van der Waals surface area contributed by atoms with Crippen LogP contribution in [0.2, 0.25) is 0 Å². The van der Waals surface area contributed by atoms with Crippen LogP contribution in [0.4, 0.5) is 0 Å². The van der Waals surface area contributed by atoms with Crippen LogP contribution in [0.1, 0.15) is 5.56 Å². The van der Waals surface area contributed by atoms with Gasteiger partial charge >= 0.3 is 0 Å². The third-order valence-corrected chi connectivity index (χ3v) is 3.11. The maximum absolute atomic E-state index is 11.2. The highest BCUT2D eigenvalue weighted by atomic mass is 32.2. The average Bonchev–Trinajstić information content (AvgIpc) is 2.16. The van der Waals surface area contributed by atoms with E-state index in [1.807, 2.05) is 18.2 Å². The summed E-state index contributed by atoms with van der Waals surface area (Å²) in [6, 6.07) is 7.34. The summed E-state index contributed by atoms with van der Waals surface area (Å²) >= 11 is 0. The largest absolute Gasteiger partial charge is 0.470 e. The van der Waals surface area contributed by atoms with Gasteiger partial charge in [-0.1, -0.05) is 24.3 Å². The third-order valence-electron chi connectivity index (χ3n) is 2.02. The molecule has 4 heteroatoms. The monoisotopic (exact) mass is 210 g/mol. The second kappa shape index (κ2) is 3.13. The molecule has 0 aromatic heterocycles. The number of rotatable bonds is 1. The summed E-state index contributed by atoms with van der Waals surface area (Å²) in [5.41, 5.74) is 0.0600. The van der Waals surface area contributed by atoms with E-state index >= 15 is 0 Å². The van der Waals surface area contributed by atoms with Crippen molar-refractivity contribution in [1.29, 1.82) is 0 Å². The molecular weight excluding hydrogens is 200 g/mol. The Morgan fingerprint density at radius 1 is 1.29 bits per heavy atom. The lowest BCUT2D eigenvalue weighted by atomic mass is 10.1. The Balaban J connectivity index is 2.40. The molecule has 0 saturated carbocycles. The minimum absolute atomic E-state index is 0.616. The third kappa shape index (κ3) is 1.65. The highest BCUT2D eigenvalue weighted by Gasteiger charge is 2.22. The van der Waals surface area contributed by atoms with E-state index in [4.69, 9.17) is 4.74 Å². The molecule has 1 unspecified atom stereocenters. The second-order valence-corrected chi connectivity index (χ2v) is 5.34. The molecule has 1 aliphatic rings. The van der Waals surface area contributed by atoms with Crippen molar-refractivity contribution in [2.24, 2.45) is 0 Å². The molecule has 0 radical (unpaired) electrons. The van der Waals surface area contributed by atoms with Gasteiger partial charge in [0.1, 0.15) is 5.75 Å². The minimum atomic E-state index is -3.18. The first kappa shape index (κ1) is 9.27. The lowest BCUT2D eigenvalue weighted by molar-refractivity contribution is 0.314. The molecular formula is C10H10O3S. The molecule has 1 atom stereocenters. The molecule has 2 rings (SSSR count). The average molecular weight is 210 g/mol.